The van der Waals surface area contributed by atoms with Crippen LogP contribution in [-0.4, -0.2) is 38.3 Å². The van der Waals surface area contributed by atoms with Gasteiger partial charge in [0.05, 0.1) is 14.2 Å². The minimum atomic E-state index is 0.466. The molecule has 0 aromatic heterocycles. The summed E-state index contributed by atoms with van der Waals surface area (Å²) in [6, 6.07) is 4.49. The molecule has 0 radical (unpaired) electrons. The molecule has 0 amide bonds. The highest BCUT2D eigenvalue weighted by molar-refractivity contribution is 9.10. The lowest BCUT2D eigenvalue weighted by Crippen LogP contribution is -2.45. The van der Waals surface area contributed by atoms with E-state index >= 15 is 0 Å². The zero-order valence-corrected chi connectivity index (χ0v) is 14.6. The van der Waals surface area contributed by atoms with Gasteiger partial charge in [0.1, 0.15) is 0 Å². The third-order valence-corrected chi connectivity index (χ3v) is 5.04. The van der Waals surface area contributed by atoms with E-state index in [-0.39, 0.29) is 0 Å². The van der Waals surface area contributed by atoms with E-state index in [0.29, 0.717) is 6.04 Å². The number of methoxy groups -OCH3 is 2. The van der Waals surface area contributed by atoms with Crippen molar-refractivity contribution in [1.82, 2.24) is 4.90 Å². The number of halogens is 1. The summed E-state index contributed by atoms with van der Waals surface area (Å²) in [6.45, 7) is 5.01. The van der Waals surface area contributed by atoms with E-state index in [0.717, 1.165) is 41.5 Å². The minimum Gasteiger partial charge on any atom is -0.493 e. The van der Waals surface area contributed by atoms with Crippen LogP contribution in [-0.2, 0) is 6.54 Å². The maximum atomic E-state index is 5.95. The maximum absolute atomic E-state index is 5.95. The van der Waals surface area contributed by atoms with Crippen molar-refractivity contribution >= 4 is 15.9 Å². The maximum Gasteiger partial charge on any atom is 0.161 e. The fraction of sp³-hybridized carbons (Fsp3) is 0.625. The number of piperidine rings is 1. The van der Waals surface area contributed by atoms with E-state index in [1.54, 1.807) is 14.2 Å². The Balaban J connectivity index is 2.18. The average molecular weight is 357 g/mol. The summed E-state index contributed by atoms with van der Waals surface area (Å²) in [7, 11) is 3.32. The van der Waals surface area contributed by atoms with E-state index in [1.165, 1.54) is 18.4 Å². The number of hydrogen-bond acceptors (Lipinski definition) is 4. The number of likely N-dealkylation sites (tertiary alicyclic amines) is 1. The summed E-state index contributed by atoms with van der Waals surface area (Å²) in [5, 5.41) is 0. The van der Waals surface area contributed by atoms with Gasteiger partial charge < -0.3 is 15.2 Å². The van der Waals surface area contributed by atoms with E-state index < -0.39 is 0 Å². The van der Waals surface area contributed by atoms with Gasteiger partial charge in [-0.1, -0.05) is 22.9 Å². The number of nitrogens with two attached hydrogens (primary N) is 1. The molecule has 1 heterocycles. The molecule has 1 aliphatic rings. The molecule has 2 N–H and O–H groups in total. The zero-order chi connectivity index (χ0) is 15.4. The van der Waals surface area contributed by atoms with Gasteiger partial charge in [-0.3, -0.25) is 4.90 Å². The number of nitrogens with zero attached hydrogens (tertiary/aromatic N) is 1. The van der Waals surface area contributed by atoms with E-state index in [9.17, 15) is 0 Å². The first kappa shape index (κ1) is 16.6. The molecule has 1 saturated heterocycles. The highest BCUT2D eigenvalue weighted by atomic mass is 79.9. The highest BCUT2D eigenvalue weighted by Gasteiger charge is 2.26. The Bertz CT molecular complexity index is 482. The highest BCUT2D eigenvalue weighted by Crippen LogP contribution is 2.35. The van der Waals surface area contributed by atoms with Gasteiger partial charge in [0, 0.05) is 23.6 Å². The summed E-state index contributed by atoms with van der Waals surface area (Å²) in [4.78, 5) is 2.48. The molecule has 1 aromatic rings. The van der Waals surface area contributed by atoms with Crippen molar-refractivity contribution in [2.75, 3.05) is 27.3 Å². The van der Waals surface area contributed by atoms with Crippen molar-refractivity contribution in [1.29, 1.82) is 0 Å². The van der Waals surface area contributed by atoms with Crippen LogP contribution in [0.4, 0.5) is 0 Å². The van der Waals surface area contributed by atoms with Gasteiger partial charge >= 0.3 is 0 Å². The van der Waals surface area contributed by atoms with E-state index in [1.807, 2.05) is 6.07 Å². The lowest BCUT2D eigenvalue weighted by Gasteiger charge is -2.38. The van der Waals surface area contributed by atoms with Crippen LogP contribution in [0.25, 0.3) is 0 Å². The number of benzene rings is 1. The summed E-state index contributed by atoms with van der Waals surface area (Å²) < 4.78 is 11.8. The minimum absolute atomic E-state index is 0.466. The third-order valence-electron chi connectivity index (χ3n) is 4.30. The predicted octanol–water partition coefficient (Wildman–Crippen LogP) is 3.03. The molecule has 0 spiro atoms. The van der Waals surface area contributed by atoms with Crippen LogP contribution in [0.3, 0.4) is 0 Å². The van der Waals surface area contributed by atoms with E-state index in [4.69, 9.17) is 15.2 Å². The lowest BCUT2D eigenvalue weighted by molar-refractivity contribution is 0.115. The Morgan fingerprint density at radius 2 is 1.95 bits per heavy atom. The van der Waals surface area contributed by atoms with Crippen molar-refractivity contribution in [2.24, 2.45) is 11.7 Å². The van der Waals surface area contributed by atoms with Crippen molar-refractivity contribution in [3.63, 3.8) is 0 Å². The van der Waals surface area contributed by atoms with Gasteiger partial charge in [-0.2, -0.15) is 0 Å². The van der Waals surface area contributed by atoms with Crippen molar-refractivity contribution in [2.45, 2.75) is 32.4 Å². The zero-order valence-electron chi connectivity index (χ0n) is 13.1. The van der Waals surface area contributed by atoms with Crippen LogP contribution in [0.2, 0.25) is 0 Å². The first-order valence-corrected chi connectivity index (χ1v) is 8.22. The average Bonchev–Trinajstić information content (AvgIpc) is 2.50. The fourth-order valence-corrected chi connectivity index (χ4v) is 3.44. The lowest BCUT2D eigenvalue weighted by atomic mass is 9.92. The second-order valence-electron chi connectivity index (χ2n) is 5.79. The molecule has 21 heavy (non-hydrogen) atoms. The topological polar surface area (TPSA) is 47.7 Å². The molecular weight excluding hydrogens is 332 g/mol. The number of ether oxygens (including phenoxy) is 2. The summed E-state index contributed by atoms with van der Waals surface area (Å²) >= 11 is 3.64. The van der Waals surface area contributed by atoms with Crippen molar-refractivity contribution in [3.05, 3.63) is 22.2 Å². The molecule has 2 unspecified atom stereocenters. The first-order chi connectivity index (χ1) is 10.1. The van der Waals surface area contributed by atoms with Crippen LogP contribution in [0.1, 0.15) is 25.3 Å². The Morgan fingerprint density at radius 1 is 1.29 bits per heavy atom. The normalized spacial score (nSPS) is 23.1. The van der Waals surface area contributed by atoms with Crippen LogP contribution >= 0.6 is 15.9 Å². The Labute approximate surface area is 135 Å². The second kappa shape index (κ2) is 7.47. The number of rotatable bonds is 5. The first-order valence-electron chi connectivity index (χ1n) is 7.43. The van der Waals surface area contributed by atoms with Crippen LogP contribution < -0.4 is 15.2 Å². The monoisotopic (exact) mass is 356 g/mol. The summed E-state index contributed by atoms with van der Waals surface area (Å²) in [6.07, 6.45) is 2.42. The molecule has 118 valence electrons. The van der Waals surface area contributed by atoms with Gasteiger partial charge in [0.25, 0.3) is 0 Å². The second-order valence-corrected chi connectivity index (χ2v) is 6.64. The van der Waals surface area contributed by atoms with Gasteiger partial charge in [-0.15, -0.1) is 0 Å². The quantitative estimate of drug-likeness (QED) is 0.880. The van der Waals surface area contributed by atoms with Gasteiger partial charge in [-0.25, -0.2) is 0 Å². The Morgan fingerprint density at radius 3 is 2.57 bits per heavy atom. The van der Waals surface area contributed by atoms with Crippen LogP contribution in [0.5, 0.6) is 11.5 Å². The van der Waals surface area contributed by atoms with Crippen LogP contribution in [0, 0.1) is 5.92 Å². The fourth-order valence-electron chi connectivity index (χ4n) is 2.99. The molecule has 0 aliphatic carbocycles. The van der Waals surface area contributed by atoms with Crippen LogP contribution in [0.15, 0.2) is 16.6 Å². The molecule has 0 saturated carbocycles. The van der Waals surface area contributed by atoms with Gasteiger partial charge in [-0.05, 0) is 43.0 Å². The Kier molecular flexibility index (Phi) is 5.90. The molecule has 0 bridgehead atoms. The molecule has 1 aliphatic heterocycles. The molecule has 1 fully saturated rings. The summed E-state index contributed by atoms with van der Waals surface area (Å²) in [5.41, 5.74) is 7.16. The van der Waals surface area contributed by atoms with E-state index in [2.05, 4.69) is 33.8 Å². The van der Waals surface area contributed by atoms with Gasteiger partial charge in [0.15, 0.2) is 11.5 Å². The van der Waals surface area contributed by atoms with Gasteiger partial charge in [0.2, 0.25) is 0 Å². The molecule has 2 atom stereocenters. The molecular formula is C16H25BrN2O2. The molecule has 1 aromatic carbocycles. The van der Waals surface area contributed by atoms with Crippen molar-refractivity contribution in [3.8, 4) is 11.5 Å². The standard InChI is InChI=1S/C16H25BrN2O2/c1-11-4-5-19(13(6-11)9-18)10-12-7-15(20-2)16(21-3)8-14(12)17/h7-8,11,13H,4-6,9-10,18H2,1-3H3. The SMILES string of the molecule is COc1cc(Br)c(CN2CCC(C)CC2CN)cc1OC. The molecule has 5 heteroatoms. The third kappa shape index (κ3) is 3.90. The molecule has 2 rings (SSSR count). The Hall–Kier alpha value is -0.780. The summed E-state index contributed by atoms with van der Waals surface area (Å²) in [5.74, 6) is 2.28. The smallest absolute Gasteiger partial charge is 0.161 e. The largest absolute Gasteiger partial charge is 0.493 e. The predicted molar refractivity (Wildman–Crippen MR) is 88.9 cm³/mol. The molecule has 4 nitrogen and oxygen atoms in total. The number of hydrogen-bond donors (Lipinski definition) is 1. The van der Waals surface area contributed by atoms with Crippen molar-refractivity contribution < 1.29 is 9.47 Å².